The lowest BCUT2D eigenvalue weighted by Crippen LogP contribution is -2.53. The molecule has 3 rings (SSSR count). The van der Waals surface area contributed by atoms with Gasteiger partial charge >= 0.3 is 11.9 Å². The number of esters is 1. The van der Waals surface area contributed by atoms with Crippen LogP contribution in [0.15, 0.2) is 91.0 Å². The lowest BCUT2D eigenvalue weighted by atomic mass is 9.76. The molecule has 0 fully saturated rings. The second-order valence-corrected chi connectivity index (χ2v) is 7.00. The largest absolute Gasteiger partial charge is 0.481 e. The number of benzene rings is 3. The predicted molar refractivity (Wildman–Crippen MR) is 115 cm³/mol. The standard InChI is InChI=1S/C25H25NO4/c1-30-24(29)22(17-18-23(27)28)26-25(19-11-5-2-6-12-19,20-13-7-3-8-14-20)21-15-9-4-10-16-21/h2-16,22,26H,17-18H2,1H3,(H,27,28)/t22-/m0/s1. The van der Waals surface area contributed by atoms with Gasteiger partial charge in [-0.05, 0) is 23.1 Å². The summed E-state index contributed by atoms with van der Waals surface area (Å²) >= 11 is 0. The summed E-state index contributed by atoms with van der Waals surface area (Å²) in [5, 5.41) is 12.7. The van der Waals surface area contributed by atoms with Gasteiger partial charge in [-0.2, -0.15) is 0 Å². The molecule has 5 nitrogen and oxygen atoms in total. The quantitative estimate of drug-likeness (QED) is 0.418. The first kappa shape index (κ1) is 21.3. The van der Waals surface area contributed by atoms with Crippen molar-refractivity contribution in [3.63, 3.8) is 0 Å². The highest BCUT2D eigenvalue weighted by Gasteiger charge is 2.40. The molecule has 0 saturated heterocycles. The van der Waals surface area contributed by atoms with E-state index in [-0.39, 0.29) is 12.8 Å². The van der Waals surface area contributed by atoms with Gasteiger partial charge in [-0.3, -0.25) is 14.9 Å². The summed E-state index contributed by atoms with van der Waals surface area (Å²) in [5.74, 6) is -1.46. The highest BCUT2D eigenvalue weighted by atomic mass is 16.5. The van der Waals surface area contributed by atoms with Crippen LogP contribution >= 0.6 is 0 Å². The van der Waals surface area contributed by atoms with Crippen molar-refractivity contribution >= 4 is 11.9 Å². The summed E-state index contributed by atoms with van der Waals surface area (Å²) in [5.41, 5.74) is 1.94. The van der Waals surface area contributed by atoms with Gasteiger partial charge in [0.1, 0.15) is 6.04 Å². The smallest absolute Gasteiger partial charge is 0.322 e. The predicted octanol–water partition coefficient (Wildman–Crippen LogP) is 3.97. The second-order valence-electron chi connectivity index (χ2n) is 7.00. The molecule has 30 heavy (non-hydrogen) atoms. The maximum atomic E-state index is 12.6. The van der Waals surface area contributed by atoms with Gasteiger partial charge in [0, 0.05) is 6.42 Å². The number of nitrogens with one attached hydrogen (secondary N) is 1. The van der Waals surface area contributed by atoms with Gasteiger partial charge in [-0.1, -0.05) is 91.0 Å². The van der Waals surface area contributed by atoms with E-state index in [1.165, 1.54) is 7.11 Å². The molecule has 0 heterocycles. The molecule has 0 saturated carbocycles. The summed E-state index contributed by atoms with van der Waals surface area (Å²) in [4.78, 5) is 23.8. The lowest BCUT2D eigenvalue weighted by molar-refractivity contribution is -0.144. The number of aliphatic carboxylic acids is 1. The SMILES string of the molecule is COC(=O)[C@H](CCC(=O)O)NC(c1ccccc1)(c1ccccc1)c1ccccc1. The molecule has 0 spiro atoms. The Morgan fingerprint density at radius 3 is 1.57 bits per heavy atom. The average Bonchev–Trinajstić information content (AvgIpc) is 2.80. The number of hydrogen-bond acceptors (Lipinski definition) is 4. The summed E-state index contributed by atoms with van der Waals surface area (Å²) in [7, 11) is 1.31. The molecule has 5 heteroatoms. The molecule has 0 unspecified atom stereocenters. The summed E-state index contributed by atoms with van der Waals surface area (Å²) in [6, 6.07) is 28.7. The van der Waals surface area contributed by atoms with Crippen molar-refractivity contribution in [1.82, 2.24) is 5.32 Å². The molecular formula is C25H25NO4. The summed E-state index contributed by atoms with van der Waals surface area (Å²) < 4.78 is 5.00. The highest BCUT2D eigenvalue weighted by Crippen LogP contribution is 2.37. The number of ether oxygens (including phenoxy) is 1. The Kier molecular flexibility index (Phi) is 6.99. The molecule has 0 aliphatic rings. The minimum Gasteiger partial charge on any atom is -0.481 e. The van der Waals surface area contributed by atoms with Crippen LogP contribution in [0.4, 0.5) is 0 Å². The lowest BCUT2D eigenvalue weighted by Gasteiger charge is -2.39. The first-order chi connectivity index (χ1) is 14.6. The Balaban J connectivity index is 2.22. The number of methoxy groups -OCH3 is 1. The van der Waals surface area contributed by atoms with E-state index >= 15 is 0 Å². The first-order valence-electron chi connectivity index (χ1n) is 9.82. The minimum absolute atomic E-state index is 0.107. The first-order valence-corrected chi connectivity index (χ1v) is 9.82. The topological polar surface area (TPSA) is 75.6 Å². The van der Waals surface area contributed by atoms with E-state index < -0.39 is 23.5 Å². The van der Waals surface area contributed by atoms with Crippen LogP contribution in [-0.4, -0.2) is 30.2 Å². The van der Waals surface area contributed by atoms with Gasteiger partial charge in [0.2, 0.25) is 0 Å². The molecule has 0 aliphatic carbocycles. The van der Waals surface area contributed by atoms with E-state index in [9.17, 15) is 14.7 Å². The van der Waals surface area contributed by atoms with Crippen molar-refractivity contribution in [2.24, 2.45) is 0 Å². The molecule has 3 aromatic rings. The van der Waals surface area contributed by atoms with E-state index in [2.05, 4.69) is 5.32 Å². The van der Waals surface area contributed by atoms with Crippen molar-refractivity contribution in [1.29, 1.82) is 0 Å². The van der Waals surface area contributed by atoms with Crippen LogP contribution in [-0.2, 0) is 19.9 Å². The van der Waals surface area contributed by atoms with Crippen molar-refractivity contribution in [2.75, 3.05) is 7.11 Å². The van der Waals surface area contributed by atoms with E-state index in [0.717, 1.165) is 16.7 Å². The Hall–Kier alpha value is -3.44. The monoisotopic (exact) mass is 403 g/mol. The molecule has 3 aromatic carbocycles. The number of carbonyl (C=O) groups excluding carboxylic acids is 1. The number of rotatable bonds is 9. The van der Waals surface area contributed by atoms with Crippen molar-refractivity contribution in [2.45, 2.75) is 24.4 Å². The van der Waals surface area contributed by atoms with Gasteiger partial charge in [0.15, 0.2) is 0 Å². The molecule has 2 N–H and O–H groups in total. The normalized spacial score (nSPS) is 12.2. The molecule has 0 aromatic heterocycles. The third kappa shape index (κ3) is 4.58. The van der Waals surface area contributed by atoms with E-state index in [1.807, 2.05) is 91.0 Å². The van der Waals surface area contributed by atoms with Crippen LogP contribution in [0, 0.1) is 0 Å². The number of carboxylic acid groups (broad SMARTS) is 1. The fourth-order valence-corrected chi connectivity index (χ4v) is 3.73. The molecule has 0 aliphatic heterocycles. The maximum absolute atomic E-state index is 12.6. The Labute approximate surface area is 176 Å². The fraction of sp³-hybridized carbons (Fsp3) is 0.200. The van der Waals surface area contributed by atoms with Crippen LogP contribution in [0.2, 0.25) is 0 Å². The average molecular weight is 403 g/mol. The maximum Gasteiger partial charge on any atom is 0.322 e. The Bertz CT molecular complexity index is 862. The van der Waals surface area contributed by atoms with Crippen LogP contribution < -0.4 is 5.32 Å². The summed E-state index contributed by atoms with van der Waals surface area (Å²) in [6.07, 6.45) is -0.0442. The van der Waals surface area contributed by atoms with Crippen molar-refractivity contribution in [3.8, 4) is 0 Å². The van der Waals surface area contributed by atoms with E-state index in [4.69, 9.17) is 4.74 Å². The van der Waals surface area contributed by atoms with Crippen LogP contribution in [0.1, 0.15) is 29.5 Å². The van der Waals surface area contributed by atoms with E-state index in [0.29, 0.717) is 0 Å². The molecule has 1 atom stereocenters. The zero-order chi connectivity index (χ0) is 21.4. The fourth-order valence-electron chi connectivity index (χ4n) is 3.73. The zero-order valence-electron chi connectivity index (χ0n) is 16.8. The zero-order valence-corrected chi connectivity index (χ0v) is 16.8. The van der Waals surface area contributed by atoms with Gasteiger partial charge in [-0.25, -0.2) is 0 Å². The van der Waals surface area contributed by atoms with Crippen LogP contribution in [0.5, 0.6) is 0 Å². The molecular weight excluding hydrogens is 378 g/mol. The van der Waals surface area contributed by atoms with Gasteiger partial charge < -0.3 is 9.84 Å². The number of hydrogen-bond donors (Lipinski definition) is 2. The van der Waals surface area contributed by atoms with Crippen LogP contribution in [0.25, 0.3) is 0 Å². The molecule has 0 amide bonds. The Morgan fingerprint density at radius 1 is 0.833 bits per heavy atom. The number of carbonyl (C=O) groups is 2. The minimum atomic E-state index is -0.963. The Morgan fingerprint density at radius 2 is 1.23 bits per heavy atom. The summed E-state index contributed by atoms with van der Waals surface area (Å²) in [6.45, 7) is 0. The highest BCUT2D eigenvalue weighted by molar-refractivity contribution is 5.77. The second kappa shape index (κ2) is 9.85. The van der Waals surface area contributed by atoms with Gasteiger partial charge in [-0.15, -0.1) is 0 Å². The third-order valence-electron chi connectivity index (χ3n) is 5.14. The van der Waals surface area contributed by atoms with Crippen molar-refractivity contribution in [3.05, 3.63) is 108 Å². The van der Waals surface area contributed by atoms with Crippen molar-refractivity contribution < 1.29 is 19.4 Å². The van der Waals surface area contributed by atoms with E-state index in [1.54, 1.807) is 0 Å². The van der Waals surface area contributed by atoms with Gasteiger partial charge in [0.25, 0.3) is 0 Å². The third-order valence-corrected chi connectivity index (χ3v) is 5.14. The molecule has 0 bridgehead atoms. The van der Waals surface area contributed by atoms with Crippen LogP contribution in [0.3, 0.4) is 0 Å². The van der Waals surface area contributed by atoms with Gasteiger partial charge in [0.05, 0.1) is 12.6 Å². The molecule has 0 radical (unpaired) electrons. The number of carboxylic acids is 1. The molecule has 154 valence electrons.